The van der Waals surface area contributed by atoms with Gasteiger partial charge in [0.2, 0.25) is 11.8 Å². The maximum atomic E-state index is 5.98. The van der Waals surface area contributed by atoms with Gasteiger partial charge in [0.15, 0.2) is 0 Å². The molecule has 2 heterocycles. The highest BCUT2D eigenvalue weighted by molar-refractivity contribution is 6.30. The first-order chi connectivity index (χ1) is 9.70. The van der Waals surface area contributed by atoms with Crippen molar-refractivity contribution in [1.82, 2.24) is 15.1 Å². The molecule has 0 spiro atoms. The molecule has 0 N–H and O–H groups in total. The molecule has 106 valence electrons. The second kappa shape index (κ2) is 5.94. The van der Waals surface area contributed by atoms with Crippen molar-refractivity contribution in [3.63, 3.8) is 0 Å². The minimum atomic E-state index is 0.535. The fourth-order valence-corrected chi connectivity index (χ4v) is 2.87. The molecule has 0 amide bonds. The Bertz CT molecular complexity index is 584. The molecule has 1 aliphatic rings. The molecule has 0 saturated carbocycles. The molecule has 4 nitrogen and oxygen atoms in total. The Kier molecular flexibility index (Phi) is 4.03. The van der Waals surface area contributed by atoms with Crippen LogP contribution in [-0.2, 0) is 6.54 Å². The third kappa shape index (κ3) is 3.19. The van der Waals surface area contributed by atoms with Crippen molar-refractivity contribution in [2.45, 2.75) is 26.3 Å². The number of piperidine rings is 1. The van der Waals surface area contributed by atoms with E-state index in [-0.39, 0.29) is 0 Å². The molecule has 1 aromatic heterocycles. The van der Waals surface area contributed by atoms with Crippen molar-refractivity contribution >= 4 is 11.6 Å². The van der Waals surface area contributed by atoms with Gasteiger partial charge in [0, 0.05) is 17.1 Å². The minimum absolute atomic E-state index is 0.535. The van der Waals surface area contributed by atoms with Gasteiger partial charge in [0.05, 0.1) is 6.54 Å². The number of nitrogens with zero attached hydrogens (tertiary/aromatic N) is 3. The summed E-state index contributed by atoms with van der Waals surface area (Å²) < 4.78 is 5.74. The van der Waals surface area contributed by atoms with Crippen LogP contribution in [0.1, 0.15) is 25.7 Å². The Hall–Kier alpha value is -1.39. The fraction of sp³-hybridized carbons (Fsp3) is 0.467. The summed E-state index contributed by atoms with van der Waals surface area (Å²) in [5.41, 5.74) is 0.864. The van der Waals surface area contributed by atoms with E-state index in [1.807, 2.05) is 24.3 Å². The second-order valence-corrected chi connectivity index (χ2v) is 5.93. The van der Waals surface area contributed by atoms with Gasteiger partial charge in [-0.1, -0.05) is 24.6 Å². The summed E-state index contributed by atoms with van der Waals surface area (Å²) in [4.78, 5) is 2.38. The Morgan fingerprint density at radius 2 is 2.30 bits per heavy atom. The van der Waals surface area contributed by atoms with Crippen LogP contribution in [0.15, 0.2) is 28.7 Å². The van der Waals surface area contributed by atoms with E-state index in [0.29, 0.717) is 16.8 Å². The third-order valence-electron chi connectivity index (χ3n) is 3.64. The smallest absolute Gasteiger partial charge is 0.247 e. The zero-order valence-electron chi connectivity index (χ0n) is 11.6. The lowest BCUT2D eigenvalue weighted by Crippen LogP contribution is -2.33. The van der Waals surface area contributed by atoms with Crippen LogP contribution in [0, 0.1) is 5.92 Å². The Balaban J connectivity index is 1.70. The molecule has 1 aliphatic heterocycles. The molecule has 1 saturated heterocycles. The highest BCUT2D eigenvalue weighted by Gasteiger charge is 2.19. The first-order valence-electron chi connectivity index (χ1n) is 7.01. The molecule has 1 atom stereocenters. The normalized spacial score (nSPS) is 20.2. The molecule has 3 rings (SSSR count). The lowest BCUT2D eigenvalue weighted by atomic mass is 10.0. The van der Waals surface area contributed by atoms with Gasteiger partial charge in [-0.05, 0) is 43.5 Å². The molecule has 5 heteroatoms. The van der Waals surface area contributed by atoms with Crippen molar-refractivity contribution in [2.75, 3.05) is 13.1 Å². The van der Waals surface area contributed by atoms with Gasteiger partial charge in [0.1, 0.15) is 0 Å². The van der Waals surface area contributed by atoms with Crippen molar-refractivity contribution in [1.29, 1.82) is 0 Å². The quantitative estimate of drug-likeness (QED) is 0.866. The Morgan fingerprint density at radius 3 is 3.10 bits per heavy atom. The number of benzene rings is 1. The predicted molar refractivity (Wildman–Crippen MR) is 78.4 cm³/mol. The molecule has 1 unspecified atom stereocenters. The molecule has 0 bridgehead atoms. The first-order valence-corrected chi connectivity index (χ1v) is 7.39. The molecule has 0 aliphatic carbocycles. The van der Waals surface area contributed by atoms with Crippen molar-refractivity contribution < 1.29 is 4.42 Å². The summed E-state index contributed by atoms with van der Waals surface area (Å²) in [5.74, 6) is 1.96. The van der Waals surface area contributed by atoms with E-state index < -0.39 is 0 Å². The molecule has 1 fully saturated rings. The highest BCUT2D eigenvalue weighted by Crippen LogP contribution is 2.23. The van der Waals surface area contributed by atoms with Crippen molar-refractivity contribution in [2.24, 2.45) is 5.92 Å². The summed E-state index contributed by atoms with van der Waals surface area (Å²) in [6.07, 6.45) is 2.56. The Morgan fingerprint density at radius 1 is 1.40 bits per heavy atom. The van der Waals surface area contributed by atoms with E-state index in [4.69, 9.17) is 16.0 Å². The molecule has 0 radical (unpaired) electrons. The number of hydrogen-bond donors (Lipinski definition) is 0. The maximum Gasteiger partial charge on any atom is 0.247 e. The second-order valence-electron chi connectivity index (χ2n) is 5.49. The largest absolute Gasteiger partial charge is 0.419 e. The fourth-order valence-electron chi connectivity index (χ4n) is 2.68. The van der Waals surface area contributed by atoms with Gasteiger partial charge in [-0.3, -0.25) is 4.90 Å². The van der Waals surface area contributed by atoms with Crippen LogP contribution < -0.4 is 0 Å². The number of rotatable bonds is 3. The van der Waals surface area contributed by atoms with Gasteiger partial charge >= 0.3 is 0 Å². The first kappa shape index (κ1) is 13.6. The lowest BCUT2D eigenvalue weighted by Gasteiger charge is -2.29. The SMILES string of the molecule is CC1CCCN(Cc2nnc(-c3cccc(Cl)c3)o2)C1. The molecular weight excluding hydrogens is 274 g/mol. The average Bonchev–Trinajstić information content (AvgIpc) is 2.87. The van der Waals surface area contributed by atoms with Crippen LogP contribution in [0.2, 0.25) is 5.02 Å². The van der Waals surface area contributed by atoms with Crippen molar-refractivity contribution in [3.8, 4) is 11.5 Å². The van der Waals surface area contributed by atoms with Crippen LogP contribution in [0.3, 0.4) is 0 Å². The minimum Gasteiger partial charge on any atom is -0.419 e. The summed E-state index contributed by atoms with van der Waals surface area (Å²) in [6.45, 7) is 5.24. The zero-order chi connectivity index (χ0) is 13.9. The standard InChI is InChI=1S/C15H18ClN3O/c1-11-4-3-7-19(9-11)10-14-17-18-15(20-14)12-5-2-6-13(16)8-12/h2,5-6,8,11H,3-4,7,9-10H2,1H3. The van der Waals surface area contributed by atoms with Gasteiger partial charge < -0.3 is 4.42 Å². The van der Waals surface area contributed by atoms with Crippen LogP contribution in [0.25, 0.3) is 11.5 Å². The highest BCUT2D eigenvalue weighted by atomic mass is 35.5. The van der Waals surface area contributed by atoms with Crippen LogP contribution >= 0.6 is 11.6 Å². The zero-order valence-corrected chi connectivity index (χ0v) is 12.3. The number of likely N-dealkylation sites (tertiary alicyclic amines) is 1. The number of aromatic nitrogens is 2. The average molecular weight is 292 g/mol. The van der Waals surface area contributed by atoms with Crippen molar-refractivity contribution in [3.05, 3.63) is 35.2 Å². The summed E-state index contributed by atoms with van der Waals surface area (Å²) in [6, 6.07) is 7.47. The monoisotopic (exact) mass is 291 g/mol. The van der Waals surface area contributed by atoms with Crippen LogP contribution in [0.4, 0.5) is 0 Å². The lowest BCUT2D eigenvalue weighted by molar-refractivity contribution is 0.163. The van der Waals surface area contributed by atoms with E-state index in [9.17, 15) is 0 Å². The van der Waals surface area contributed by atoms with Gasteiger partial charge in [-0.25, -0.2) is 0 Å². The molecule has 1 aromatic carbocycles. The topological polar surface area (TPSA) is 42.2 Å². The number of halogens is 1. The van der Waals surface area contributed by atoms with E-state index >= 15 is 0 Å². The van der Waals surface area contributed by atoms with Crippen LogP contribution in [-0.4, -0.2) is 28.2 Å². The van der Waals surface area contributed by atoms with Gasteiger partial charge in [-0.15, -0.1) is 10.2 Å². The Labute approximate surface area is 123 Å². The molecular formula is C15H18ClN3O. The van der Waals surface area contributed by atoms with Gasteiger partial charge in [0.25, 0.3) is 0 Å². The van der Waals surface area contributed by atoms with E-state index in [1.165, 1.54) is 12.8 Å². The van der Waals surface area contributed by atoms with Crippen LogP contribution in [0.5, 0.6) is 0 Å². The summed E-state index contributed by atoms with van der Waals surface area (Å²) >= 11 is 5.98. The predicted octanol–water partition coefficient (Wildman–Crippen LogP) is 3.62. The summed E-state index contributed by atoms with van der Waals surface area (Å²) in [7, 11) is 0. The van der Waals surface area contributed by atoms with E-state index in [1.54, 1.807) is 0 Å². The molecule has 2 aromatic rings. The van der Waals surface area contributed by atoms with Gasteiger partial charge in [-0.2, -0.15) is 0 Å². The number of hydrogen-bond acceptors (Lipinski definition) is 4. The molecule has 20 heavy (non-hydrogen) atoms. The van der Waals surface area contributed by atoms with E-state index in [0.717, 1.165) is 31.1 Å². The third-order valence-corrected chi connectivity index (χ3v) is 3.87. The van der Waals surface area contributed by atoms with E-state index in [2.05, 4.69) is 22.0 Å². The summed E-state index contributed by atoms with van der Waals surface area (Å²) in [5, 5.41) is 8.92. The maximum absolute atomic E-state index is 5.98.